The predicted molar refractivity (Wildman–Crippen MR) is 74.0 cm³/mol. The molecule has 0 aliphatic heterocycles. The van der Waals surface area contributed by atoms with Crippen LogP contribution in [0.1, 0.15) is 33.5 Å². The van der Waals surface area contributed by atoms with Gasteiger partial charge in [-0.05, 0) is 38.1 Å². The molecule has 6 nitrogen and oxygen atoms in total. The van der Waals surface area contributed by atoms with Gasteiger partial charge in [0.05, 0.1) is 11.3 Å². The molecule has 1 aromatic heterocycles. The Hall–Kier alpha value is -2.63. The Bertz CT molecular complexity index is 661. The number of aromatic nitrogens is 2. The van der Waals surface area contributed by atoms with E-state index in [0.29, 0.717) is 17.9 Å². The lowest BCUT2D eigenvalue weighted by Gasteiger charge is -2.07. The smallest absolute Gasteiger partial charge is 0.335 e. The molecule has 104 valence electrons. The fourth-order valence-corrected chi connectivity index (χ4v) is 1.89. The zero-order valence-corrected chi connectivity index (χ0v) is 11.3. The summed E-state index contributed by atoms with van der Waals surface area (Å²) in [5.74, 6) is -1.34. The van der Waals surface area contributed by atoms with E-state index in [4.69, 9.17) is 5.11 Å². The molecular formula is C14H15N3O3. The molecule has 0 bridgehead atoms. The van der Waals surface area contributed by atoms with E-state index in [1.165, 1.54) is 12.1 Å². The van der Waals surface area contributed by atoms with Crippen LogP contribution in [-0.4, -0.2) is 26.8 Å². The zero-order valence-electron chi connectivity index (χ0n) is 11.3. The van der Waals surface area contributed by atoms with Crippen molar-refractivity contribution in [2.75, 3.05) is 5.32 Å². The quantitative estimate of drug-likeness (QED) is 0.894. The minimum Gasteiger partial charge on any atom is -0.478 e. The van der Waals surface area contributed by atoms with Crippen LogP contribution < -0.4 is 5.32 Å². The number of aromatic carboxylic acids is 1. The highest BCUT2D eigenvalue weighted by molar-refractivity contribution is 6.03. The van der Waals surface area contributed by atoms with Crippen molar-refractivity contribution in [2.24, 2.45) is 0 Å². The number of carbonyl (C=O) groups excluding carboxylic acids is 1. The summed E-state index contributed by atoms with van der Waals surface area (Å²) in [7, 11) is 0. The summed E-state index contributed by atoms with van der Waals surface area (Å²) in [6.07, 6.45) is 0. The molecule has 0 radical (unpaired) electrons. The maximum absolute atomic E-state index is 12.2. The van der Waals surface area contributed by atoms with E-state index in [9.17, 15) is 9.59 Å². The largest absolute Gasteiger partial charge is 0.478 e. The second-order valence-electron chi connectivity index (χ2n) is 4.33. The lowest BCUT2D eigenvalue weighted by Crippen LogP contribution is -2.17. The number of carboxylic acids is 1. The molecule has 0 saturated heterocycles. The molecule has 0 aliphatic carbocycles. The monoisotopic (exact) mass is 273 g/mol. The minimum absolute atomic E-state index is 0.128. The fraction of sp³-hybridized carbons (Fsp3) is 0.214. The molecule has 2 aromatic rings. The van der Waals surface area contributed by atoms with Crippen LogP contribution >= 0.6 is 0 Å². The number of nitrogens with zero attached hydrogens (tertiary/aromatic N) is 2. The van der Waals surface area contributed by atoms with E-state index in [-0.39, 0.29) is 11.5 Å². The molecule has 1 aromatic carbocycles. The van der Waals surface area contributed by atoms with Gasteiger partial charge in [-0.2, -0.15) is 5.10 Å². The van der Waals surface area contributed by atoms with Crippen molar-refractivity contribution in [3.8, 4) is 0 Å². The van der Waals surface area contributed by atoms with E-state index in [1.807, 2.05) is 13.8 Å². The third kappa shape index (κ3) is 2.85. The highest BCUT2D eigenvalue weighted by atomic mass is 16.4. The van der Waals surface area contributed by atoms with Crippen LogP contribution in [0.15, 0.2) is 30.3 Å². The van der Waals surface area contributed by atoms with Gasteiger partial charge in [0.2, 0.25) is 0 Å². The Kier molecular flexibility index (Phi) is 3.84. The molecular weight excluding hydrogens is 258 g/mol. The zero-order chi connectivity index (χ0) is 14.7. The second kappa shape index (κ2) is 5.56. The highest BCUT2D eigenvalue weighted by Crippen LogP contribution is 2.13. The first-order valence-electron chi connectivity index (χ1n) is 6.20. The van der Waals surface area contributed by atoms with Crippen molar-refractivity contribution in [1.29, 1.82) is 0 Å². The lowest BCUT2D eigenvalue weighted by molar-refractivity contribution is 0.0696. The van der Waals surface area contributed by atoms with Crippen molar-refractivity contribution in [3.05, 3.63) is 47.3 Å². The number of rotatable bonds is 4. The number of nitrogens with one attached hydrogen (secondary N) is 1. The maximum atomic E-state index is 12.2. The Morgan fingerprint density at radius 1 is 1.35 bits per heavy atom. The van der Waals surface area contributed by atoms with E-state index >= 15 is 0 Å². The van der Waals surface area contributed by atoms with Crippen LogP contribution in [0, 0.1) is 6.92 Å². The number of hydrogen-bond donors (Lipinski definition) is 2. The van der Waals surface area contributed by atoms with E-state index in [2.05, 4.69) is 10.4 Å². The highest BCUT2D eigenvalue weighted by Gasteiger charge is 2.13. The van der Waals surface area contributed by atoms with Gasteiger partial charge in [-0.1, -0.05) is 6.07 Å². The van der Waals surface area contributed by atoms with Crippen molar-refractivity contribution in [2.45, 2.75) is 20.4 Å². The van der Waals surface area contributed by atoms with Gasteiger partial charge in [0, 0.05) is 12.2 Å². The minimum atomic E-state index is -1.03. The number of carboxylic acid groups (broad SMARTS) is 1. The van der Waals surface area contributed by atoms with Gasteiger partial charge in [0.1, 0.15) is 5.69 Å². The number of aryl methyl sites for hydroxylation is 2. The molecule has 2 N–H and O–H groups in total. The van der Waals surface area contributed by atoms with Crippen molar-refractivity contribution < 1.29 is 14.7 Å². The third-order valence-electron chi connectivity index (χ3n) is 2.80. The molecule has 0 aliphatic rings. The van der Waals surface area contributed by atoms with Gasteiger partial charge in [0.15, 0.2) is 0 Å². The second-order valence-corrected chi connectivity index (χ2v) is 4.33. The van der Waals surface area contributed by atoms with Gasteiger partial charge in [-0.25, -0.2) is 4.79 Å². The molecule has 0 spiro atoms. The molecule has 1 amide bonds. The van der Waals surface area contributed by atoms with Crippen LogP contribution in [0.25, 0.3) is 0 Å². The molecule has 0 saturated carbocycles. The summed E-state index contributed by atoms with van der Waals surface area (Å²) in [4.78, 5) is 23.1. The summed E-state index contributed by atoms with van der Waals surface area (Å²) in [5.41, 5.74) is 1.78. The molecule has 0 fully saturated rings. The Balaban J connectivity index is 2.23. The maximum Gasteiger partial charge on any atom is 0.335 e. The van der Waals surface area contributed by atoms with Gasteiger partial charge < -0.3 is 10.4 Å². The summed E-state index contributed by atoms with van der Waals surface area (Å²) >= 11 is 0. The van der Waals surface area contributed by atoms with Crippen molar-refractivity contribution in [1.82, 2.24) is 9.78 Å². The van der Waals surface area contributed by atoms with Gasteiger partial charge in [-0.15, -0.1) is 0 Å². The van der Waals surface area contributed by atoms with Gasteiger partial charge >= 0.3 is 5.97 Å². The number of anilines is 1. The number of benzene rings is 1. The average molecular weight is 273 g/mol. The molecule has 0 atom stereocenters. The van der Waals surface area contributed by atoms with Crippen LogP contribution in [0.5, 0.6) is 0 Å². The average Bonchev–Trinajstić information content (AvgIpc) is 2.80. The predicted octanol–water partition coefficient (Wildman–Crippen LogP) is 2.16. The molecule has 20 heavy (non-hydrogen) atoms. The Labute approximate surface area is 116 Å². The molecule has 2 rings (SSSR count). The standard InChI is InChI=1S/C14H15N3O3/c1-3-17-12(7-9(2)16-17)13(18)15-11-6-4-5-10(8-11)14(19)20/h4-8H,3H2,1-2H3,(H,15,18)(H,19,20). The fourth-order valence-electron chi connectivity index (χ4n) is 1.89. The van der Waals surface area contributed by atoms with E-state index < -0.39 is 5.97 Å². The van der Waals surface area contributed by atoms with Crippen LogP contribution in [-0.2, 0) is 6.54 Å². The molecule has 1 heterocycles. The Morgan fingerprint density at radius 3 is 2.75 bits per heavy atom. The van der Waals surface area contributed by atoms with E-state index in [1.54, 1.807) is 22.9 Å². The van der Waals surface area contributed by atoms with Crippen LogP contribution in [0.2, 0.25) is 0 Å². The molecule has 6 heteroatoms. The van der Waals surface area contributed by atoms with Gasteiger partial charge in [-0.3, -0.25) is 9.48 Å². The number of amides is 1. The first kappa shape index (κ1) is 13.8. The summed E-state index contributed by atoms with van der Waals surface area (Å²) in [6, 6.07) is 7.81. The first-order valence-corrected chi connectivity index (χ1v) is 6.20. The third-order valence-corrected chi connectivity index (χ3v) is 2.80. The van der Waals surface area contributed by atoms with Crippen molar-refractivity contribution >= 4 is 17.6 Å². The first-order chi connectivity index (χ1) is 9.51. The van der Waals surface area contributed by atoms with Crippen LogP contribution in [0.4, 0.5) is 5.69 Å². The van der Waals surface area contributed by atoms with E-state index in [0.717, 1.165) is 5.69 Å². The lowest BCUT2D eigenvalue weighted by atomic mass is 10.2. The summed E-state index contributed by atoms with van der Waals surface area (Å²) in [6.45, 7) is 4.30. The van der Waals surface area contributed by atoms with Crippen LogP contribution in [0.3, 0.4) is 0 Å². The topological polar surface area (TPSA) is 84.2 Å². The molecule has 0 unspecified atom stereocenters. The van der Waals surface area contributed by atoms with Crippen molar-refractivity contribution in [3.63, 3.8) is 0 Å². The summed E-state index contributed by atoms with van der Waals surface area (Å²) in [5, 5.41) is 15.8. The summed E-state index contributed by atoms with van der Waals surface area (Å²) < 4.78 is 1.60. The SMILES string of the molecule is CCn1nc(C)cc1C(=O)Nc1cccc(C(=O)O)c1. The number of hydrogen-bond acceptors (Lipinski definition) is 3. The van der Waals surface area contributed by atoms with Gasteiger partial charge in [0.25, 0.3) is 5.91 Å². The Morgan fingerprint density at radius 2 is 2.10 bits per heavy atom. The normalized spacial score (nSPS) is 10.3. The number of carbonyl (C=O) groups is 2.